The van der Waals surface area contributed by atoms with Crippen molar-refractivity contribution in [3.63, 3.8) is 0 Å². The third-order valence-corrected chi connectivity index (χ3v) is 4.78. The first-order valence-electron chi connectivity index (χ1n) is 10.1. The summed E-state index contributed by atoms with van der Waals surface area (Å²) in [7, 11) is 0. The van der Waals surface area contributed by atoms with E-state index in [4.69, 9.17) is 19.4 Å². The Morgan fingerprint density at radius 2 is 1.23 bits per heavy atom. The molecule has 1 aliphatic carbocycles. The fourth-order valence-electron chi connectivity index (χ4n) is 3.26. The van der Waals surface area contributed by atoms with E-state index >= 15 is 0 Å². The van der Waals surface area contributed by atoms with E-state index in [9.17, 15) is 0 Å². The third-order valence-electron chi connectivity index (χ3n) is 4.78. The van der Waals surface area contributed by atoms with Crippen LogP contribution in [0.5, 0.6) is 11.8 Å². The lowest BCUT2D eigenvalue weighted by Crippen LogP contribution is -2.10. The van der Waals surface area contributed by atoms with E-state index in [1.807, 2.05) is 12.1 Å². The molecule has 2 heterocycles. The molecule has 0 amide bonds. The minimum Gasteiger partial charge on any atom is -0.478 e. The van der Waals surface area contributed by atoms with Crippen LogP contribution in [0.3, 0.4) is 0 Å². The van der Waals surface area contributed by atoms with Crippen molar-refractivity contribution in [2.45, 2.75) is 65.2 Å². The second-order valence-electron chi connectivity index (χ2n) is 6.90. The number of hydrogen-bond donors (Lipinski definition) is 0. The Kier molecular flexibility index (Phi) is 6.87. The van der Waals surface area contributed by atoms with Crippen LogP contribution in [0.25, 0.3) is 11.1 Å². The molecular formula is C22H30N2O2. The predicted molar refractivity (Wildman–Crippen MR) is 105 cm³/mol. The van der Waals surface area contributed by atoms with E-state index in [0.717, 1.165) is 68.5 Å². The first-order valence-corrected chi connectivity index (χ1v) is 10.1. The molecule has 3 rings (SSSR count). The number of hydrogen-bond acceptors (Lipinski definition) is 4. The largest absolute Gasteiger partial charge is 0.478 e. The summed E-state index contributed by atoms with van der Waals surface area (Å²) >= 11 is 0. The molecule has 0 aromatic carbocycles. The lowest BCUT2D eigenvalue weighted by Gasteiger charge is -2.19. The maximum atomic E-state index is 5.83. The average molecular weight is 354 g/mol. The highest BCUT2D eigenvalue weighted by molar-refractivity contribution is 5.71. The van der Waals surface area contributed by atoms with Gasteiger partial charge in [0, 0.05) is 23.3 Å². The second-order valence-corrected chi connectivity index (χ2v) is 6.90. The fraction of sp³-hybridized carbons (Fsp3) is 0.545. The molecule has 0 atom stereocenters. The monoisotopic (exact) mass is 354 g/mol. The van der Waals surface area contributed by atoms with Gasteiger partial charge in [0.05, 0.1) is 24.6 Å². The summed E-state index contributed by atoms with van der Waals surface area (Å²) in [6.45, 7) is 5.87. The molecule has 0 bridgehead atoms. The molecule has 0 unspecified atom stereocenters. The topological polar surface area (TPSA) is 44.2 Å². The Bertz CT molecular complexity index is 715. The van der Waals surface area contributed by atoms with Gasteiger partial charge in [-0.2, -0.15) is 0 Å². The Morgan fingerprint density at radius 1 is 0.692 bits per heavy atom. The number of unbranched alkanes of at least 4 members (excludes halogenated alkanes) is 4. The van der Waals surface area contributed by atoms with Gasteiger partial charge in [-0.15, -0.1) is 0 Å². The van der Waals surface area contributed by atoms with Crippen LogP contribution in [-0.4, -0.2) is 23.2 Å². The lowest BCUT2D eigenvalue weighted by molar-refractivity contribution is 0.293. The van der Waals surface area contributed by atoms with Crippen LogP contribution < -0.4 is 9.47 Å². The van der Waals surface area contributed by atoms with Crippen LogP contribution in [0.1, 0.15) is 63.8 Å². The van der Waals surface area contributed by atoms with Gasteiger partial charge in [-0.3, -0.25) is 0 Å². The van der Waals surface area contributed by atoms with Gasteiger partial charge >= 0.3 is 0 Å². The SMILES string of the molecule is CCCCCCOc1ccc2c(n1)CCc1nc(OCCCC)ccc1-2. The molecule has 2 aromatic heterocycles. The first-order chi connectivity index (χ1) is 12.8. The van der Waals surface area contributed by atoms with E-state index in [0.29, 0.717) is 0 Å². The highest BCUT2D eigenvalue weighted by atomic mass is 16.5. The molecule has 4 nitrogen and oxygen atoms in total. The van der Waals surface area contributed by atoms with E-state index in [2.05, 4.69) is 26.0 Å². The van der Waals surface area contributed by atoms with Gasteiger partial charge in [0.15, 0.2) is 0 Å². The molecule has 0 radical (unpaired) electrons. The number of aryl methyl sites for hydroxylation is 2. The Morgan fingerprint density at radius 3 is 1.77 bits per heavy atom. The molecule has 1 aliphatic rings. The van der Waals surface area contributed by atoms with Crippen molar-refractivity contribution < 1.29 is 9.47 Å². The predicted octanol–water partition coefficient (Wildman–Crippen LogP) is 5.38. The van der Waals surface area contributed by atoms with Gasteiger partial charge in [0.1, 0.15) is 0 Å². The van der Waals surface area contributed by atoms with Crippen LogP contribution in [0, 0.1) is 0 Å². The van der Waals surface area contributed by atoms with Gasteiger partial charge in [0.2, 0.25) is 11.8 Å². The first kappa shape index (κ1) is 18.7. The maximum Gasteiger partial charge on any atom is 0.213 e. The molecule has 0 spiro atoms. The molecule has 2 aromatic rings. The van der Waals surface area contributed by atoms with Crippen LogP contribution in [-0.2, 0) is 12.8 Å². The molecular weight excluding hydrogens is 324 g/mol. The van der Waals surface area contributed by atoms with Gasteiger partial charge < -0.3 is 9.47 Å². The Balaban J connectivity index is 1.65. The van der Waals surface area contributed by atoms with Crippen molar-refractivity contribution in [2.75, 3.05) is 13.2 Å². The van der Waals surface area contributed by atoms with Crippen molar-refractivity contribution in [2.24, 2.45) is 0 Å². The summed E-state index contributed by atoms with van der Waals surface area (Å²) in [5.41, 5.74) is 4.58. The zero-order valence-corrected chi connectivity index (χ0v) is 16.1. The van der Waals surface area contributed by atoms with Crippen molar-refractivity contribution >= 4 is 0 Å². The maximum absolute atomic E-state index is 5.83. The summed E-state index contributed by atoms with van der Waals surface area (Å²) in [6, 6.07) is 8.21. The number of nitrogens with zero attached hydrogens (tertiary/aromatic N) is 2. The highest BCUT2D eigenvalue weighted by Crippen LogP contribution is 2.33. The van der Waals surface area contributed by atoms with Crippen molar-refractivity contribution in [3.8, 4) is 22.9 Å². The molecule has 0 saturated heterocycles. The van der Waals surface area contributed by atoms with Gasteiger partial charge in [-0.25, -0.2) is 9.97 Å². The molecule has 140 valence electrons. The molecule has 0 N–H and O–H groups in total. The van der Waals surface area contributed by atoms with Crippen molar-refractivity contribution in [1.29, 1.82) is 0 Å². The normalized spacial score (nSPS) is 12.4. The molecule has 0 fully saturated rings. The third kappa shape index (κ3) is 4.75. The number of pyridine rings is 2. The van der Waals surface area contributed by atoms with Crippen LogP contribution in [0.2, 0.25) is 0 Å². The number of rotatable bonds is 10. The van der Waals surface area contributed by atoms with Gasteiger partial charge in [-0.05, 0) is 37.8 Å². The summed E-state index contributed by atoms with van der Waals surface area (Å²) in [4.78, 5) is 9.44. The van der Waals surface area contributed by atoms with Crippen molar-refractivity contribution in [1.82, 2.24) is 9.97 Å². The summed E-state index contributed by atoms with van der Waals surface area (Å²) in [5.74, 6) is 1.48. The summed E-state index contributed by atoms with van der Waals surface area (Å²) in [6.07, 6.45) is 8.84. The quantitative estimate of drug-likeness (QED) is 0.537. The fourth-order valence-corrected chi connectivity index (χ4v) is 3.26. The zero-order valence-electron chi connectivity index (χ0n) is 16.1. The molecule has 26 heavy (non-hydrogen) atoms. The van der Waals surface area contributed by atoms with Crippen LogP contribution in [0.15, 0.2) is 24.3 Å². The smallest absolute Gasteiger partial charge is 0.213 e. The van der Waals surface area contributed by atoms with Gasteiger partial charge in [-0.1, -0.05) is 39.5 Å². The van der Waals surface area contributed by atoms with Crippen LogP contribution >= 0.6 is 0 Å². The van der Waals surface area contributed by atoms with E-state index < -0.39 is 0 Å². The minimum atomic E-state index is 0.736. The Labute approximate surface area is 157 Å². The van der Waals surface area contributed by atoms with E-state index in [1.165, 1.54) is 30.4 Å². The van der Waals surface area contributed by atoms with Crippen LogP contribution in [0.4, 0.5) is 0 Å². The molecule has 4 heteroatoms. The average Bonchev–Trinajstić information content (AvgIpc) is 2.67. The van der Waals surface area contributed by atoms with Gasteiger partial charge in [0.25, 0.3) is 0 Å². The van der Waals surface area contributed by atoms with E-state index in [-0.39, 0.29) is 0 Å². The minimum absolute atomic E-state index is 0.736. The number of aromatic nitrogens is 2. The Hall–Kier alpha value is -2.10. The zero-order chi connectivity index (χ0) is 18.2. The molecule has 0 saturated carbocycles. The second kappa shape index (κ2) is 9.56. The number of fused-ring (bicyclic) bond motifs is 3. The standard InChI is InChI=1S/C22H30N2O2/c1-3-5-7-8-16-26-22-14-10-18-17-9-13-21(25-15-6-4-2)23-19(17)11-12-20(18)24-22/h9-10,13-14H,3-8,11-12,15-16H2,1-2H3. The number of ether oxygens (including phenoxy) is 2. The summed E-state index contributed by atoms with van der Waals surface area (Å²) < 4.78 is 11.6. The molecule has 0 aliphatic heterocycles. The lowest BCUT2D eigenvalue weighted by atomic mass is 9.92. The highest BCUT2D eigenvalue weighted by Gasteiger charge is 2.19. The summed E-state index contributed by atoms with van der Waals surface area (Å²) in [5, 5.41) is 0. The van der Waals surface area contributed by atoms with E-state index in [1.54, 1.807) is 0 Å². The van der Waals surface area contributed by atoms with Crippen molar-refractivity contribution in [3.05, 3.63) is 35.7 Å².